The van der Waals surface area contributed by atoms with Crippen LogP contribution in [-0.2, 0) is 6.54 Å². The molecule has 0 aromatic carbocycles. The third-order valence-electron chi connectivity index (χ3n) is 2.30. The van der Waals surface area contributed by atoms with Crippen molar-refractivity contribution in [1.82, 2.24) is 5.32 Å². The van der Waals surface area contributed by atoms with Crippen LogP contribution in [0.1, 0.15) is 18.9 Å². The lowest BCUT2D eigenvalue weighted by molar-refractivity contribution is 0.653. The van der Waals surface area contributed by atoms with E-state index in [1.165, 1.54) is 15.8 Å². The third kappa shape index (κ3) is 2.09. The molecule has 1 fully saturated rings. The van der Waals surface area contributed by atoms with Gasteiger partial charge >= 0.3 is 0 Å². The molecule has 0 bridgehead atoms. The normalized spacial score (nSPS) is 27.5. The lowest BCUT2D eigenvalue weighted by Crippen LogP contribution is -2.16. The van der Waals surface area contributed by atoms with Gasteiger partial charge in [0.15, 0.2) is 0 Å². The van der Waals surface area contributed by atoms with Crippen molar-refractivity contribution in [2.24, 2.45) is 5.92 Å². The van der Waals surface area contributed by atoms with Crippen molar-refractivity contribution in [3.8, 4) is 0 Å². The van der Waals surface area contributed by atoms with Gasteiger partial charge in [-0.25, -0.2) is 0 Å². The lowest BCUT2D eigenvalue weighted by Gasteiger charge is -1.99. The van der Waals surface area contributed by atoms with E-state index in [2.05, 4.69) is 39.6 Å². The molecule has 0 aliphatic heterocycles. The standard InChI is InChI=1S/C9H12BrNS/c1-6-2-8(6)11-4-7-3-9(10)12-5-7/h3,5-6,8,11H,2,4H2,1H3. The molecular formula is C9H12BrNS. The smallest absolute Gasteiger partial charge is 0.0701 e. The van der Waals surface area contributed by atoms with Gasteiger partial charge in [0, 0.05) is 12.6 Å². The summed E-state index contributed by atoms with van der Waals surface area (Å²) >= 11 is 5.21. The van der Waals surface area contributed by atoms with Crippen LogP contribution in [-0.4, -0.2) is 6.04 Å². The number of nitrogens with one attached hydrogen (secondary N) is 1. The summed E-state index contributed by atoms with van der Waals surface area (Å²) in [5, 5.41) is 5.72. The fourth-order valence-corrected chi connectivity index (χ4v) is 2.50. The van der Waals surface area contributed by atoms with Crippen molar-refractivity contribution in [1.29, 1.82) is 0 Å². The molecule has 2 unspecified atom stereocenters. The summed E-state index contributed by atoms with van der Waals surface area (Å²) in [5.41, 5.74) is 1.39. The van der Waals surface area contributed by atoms with E-state index in [0.717, 1.165) is 18.5 Å². The Balaban J connectivity index is 1.80. The zero-order chi connectivity index (χ0) is 8.55. The molecule has 0 spiro atoms. The van der Waals surface area contributed by atoms with Crippen LogP contribution in [0.15, 0.2) is 15.2 Å². The predicted octanol–water partition coefficient (Wildman–Crippen LogP) is 3.01. The van der Waals surface area contributed by atoms with Gasteiger partial charge in [0.05, 0.1) is 3.79 Å². The van der Waals surface area contributed by atoms with E-state index >= 15 is 0 Å². The topological polar surface area (TPSA) is 12.0 Å². The highest BCUT2D eigenvalue weighted by Crippen LogP contribution is 2.29. The predicted molar refractivity (Wildman–Crippen MR) is 56.4 cm³/mol. The van der Waals surface area contributed by atoms with Crippen LogP contribution in [0.5, 0.6) is 0 Å². The number of halogens is 1. The summed E-state index contributed by atoms with van der Waals surface area (Å²) < 4.78 is 1.23. The minimum absolute atomic E-state index is 0.781. The number of rotatable bonds is 3. The zero-order valence-corrected chi connectivity index (χ0v) is 9.41. The van der Waals surface area contributed by atoms with Crippen molar-refractivity contribution < 1.29 is 0 Å². The molecule has 0 amide bonds. The summed E-state index contributed by atoms with van der Waals surface area (Å²) in [7, 11) is 0. The summed E-state index contributed by atoms with van der Waals surface area (Å²) in [6.07, 6.45) is 1.35. The molecule has 1 N–H and O–H groups in total. The second-order valence-electron chi connectivity index (χ2n) is 3.46. The number of thiophene rings is 1. The first-order valence-corrected chi connectivity index (χ1v) is 5.89. The number of hydrogen-bond donors (Lipinski definition) is 1. The molecule has 1 aromatic heterocycles. The first-order chi connectivity index (χ1) is 5.75. The van der Waals surface area contributed by atoms with Crippen LogP contribution in [0, 0.1) is 5.92 Å². The molecule has 3 heteroatoms. The first kappa shape index (κ1) is 8.73. The molecular weight excluding hydrogens is 234 g/mol. The van der Waals surface area contributed by atoms with E-state index in [-0.39, 0.29) is 0 Å². The van der Waals surface area contributed by atoms with Crippen molar-refractivity contribution in [3.63, 3.8) is 0 Å². The minimum atomic E-state index is 0.781. The van der Waals surface area contributed by atoms with Crippen LogP contribution < -0.4 is 5.32 Å². The molecule has 1 saturated carbocycles. The maximum absolute atomic E-state index is 3.52. The molecule has 1 aromatic rings. The van der Waals surface area contributed by atoms with Gasteiger partial charge in [0.2, 0.25) is 0 Å². The van der Waals surface area contributed by atoms with E-state index in [9.17, 15) is 0 Å². The molecule has 1 aliphatic carbocycles. The van der Waals surface area contributed by atoms with Crippen LogP contribution >= 0.6 is 27.3 Å². The van der Waals surface area contributed by atoms with E-state index in [1.807, 2.05) is 0 Å². The monoisotopic (exact) mass is 245 g/mol. The van der Waals surface area contributed by atoms with Crippen LogP contribution in [0.3, 0.4) is 0 Å². The average molecular weight is 246 g/mol. The first-order valence-electron chi connectivity index (χ1n) is 4.22. The summed E-state index contributed by atoms with van der Waals surface area (Å²) in [5.74, 6) is 0.895. The molecule has 2 rings (SSSR count). The minimum Gasteiger partial charge on any atom is -0.310 e. The van der Waals surface area contributed by atoms with E-state index < -0.39 is 0 Å². The Hall–Kier alpha value is 0.140. The largest absolute Gasteiger partial charge is 0.310 e. The van der Waals surface area contributed by atoms with Crippen molar-refractivity contribution in [2.75, 3.05) is 0 Å². The Morgan fingerprint density at radius 3 is 3.00 bits per heavy atom. The molecule has 1 heterocycles. The highest BCUT2D eigenvalue weighted by atomic mass is 79.9. The van der Waals surface area contributed by atoms with Crippen LogP contribution in [0.4, 0.5) is 0 Å². The van der Waals surface area contributed by atoms with Gasteiger partial charge in [0.1, 0.15) is 0 Å². The second-order valence-corrected chi connectivity index (χ2v) is 5.75. The van der Waals surface area contributed by atoms with Gasteiger partial charge in [-0.2, -0.15) is 0 Å². The fraction of sp³-hybridized carbons (Fsp3) is 0.556. The Morgan fingerprint density at radius 1 is 1.75 bits per heavy atom. The quantitative estimate of drug-likeness (QED) is 0.864. The van der Waals surface area contributed by atoms with Gasteiger partial charge in [-0.1, -0.05) is 6.92 Å². The Kier molecular flexibility index (Phi) is 2.53. The third-order valence-corrected chi connectivity index (χ3v) is 3.85. The van der Waals surface area contributed by atoms with E-state index in [4.69, 9.17) is 0 Å². The lowest BCUT2D eigenvalue weighted by atomic mass is 10.3. The van der Waals surface area contributed by atoms with Gasteiger partial charge in [-0.05, 0) is 45.3 Å². The zero-order valence-electron chi connectivity index (χ0n) is 7.01. The maximum atomic E-state index is 3.52. The van der Waals surface area contributed by atoms with Crippen molar-refractivity contribution >= 4 is 27.3 Å². The average Bonchev–Trinajstić information content (AvgIpc) is 2.56. The van der Waals surface area contributed by atoms with Gasteiger partial charge in [-0.3, -0.25) is 0 Å². The highest BCUT2D eigenvalue weighted by molar-refractivity contribution is 9.11. The van der Waals surface area contributed by atoms with Gasteiger partial charge in [0.25, 0.3) is 0 Å². The van der Waals surface area contributed by atoms with E-state index in [0.29, 0.717) is 0 Å². The molecule has 0 radical (unpaired) electrons. The Bertz CT molecular complexity index is 271. The van der Waals surface area contributed by atoms with Crippen molar-refractivity contribution in [3.05, 3.63) is 20.8 Å². The van der Waals surface area contributed by atoms with E-state index in [1.54, 1.807) is 11.3 Å². The van der Waals surface area contributed by atoms with Crippen LogP contribution in [0.2, 0.25) is 0 Å². The Morgan fingerprint density at radius 2 is 2.50 bits per heavy atom. The summed E-state index contributed by atoms with van der Waals surface area (Å²) in [4.78, 5) is 0. The fourth-order valence-electron chi connectivity index (χ4n) is 1.29. The highest BCUT2D eigenvalue weighted by Gasteiger charge is 2.31. The summed E-state index contributed by atoms with van der Waals surface area (Å²) in [6, 6.07) is 2.97. The molecule has 0 saturated heterocycles. The Labute approximate surface area is 85.3 Å². The van der Waals surface area contributed by atoms with Gasteiger partial charge < -0.3 is 5.32 Å². The molecule has 1 aliphatic rings. The second kappa shape index (κ2) is 3.48. The SMILES string of the molecule is CC1CC1NCc1csc(Br)c1. The maximum Gasteiger partial charge on any atom is 0.0701 e. The van der Waals surface area contributed by atoms with Crippen molar-refractivity contribution in [2.45, 2.75) is 25.9 Å². The molecule has 1 nitrogen and oxygen atoms in total. The molecule has 66 valence electrons. The number of hydrogen-bond acceptors (Lipinski definition) is 2. The molecule has 2 atom stereocenters. The van der Waals surface area contributed by atoms with Crippen LogP contribution in [0.25, 0.3) is 0 Å². The van der Waals surface area contributed by atoms with Gasteiger partial charge in [-0.15, -0.1) is 11.3 Å². The molecule has 12 heavy (non-hydrogen) atoms. The summed E-state index contributed by atoms with van der Waals surface area (Å²) in [6.45, 7) is 3.32.